The summed E-state index contributed by atoms with van der Waals surface area (Å²) in [6.07, 6.45) is 3.20. The molecule has 0 spiro atoms. The third-order valence-corrected chi connectivity index (χ3v) is 3.61. The first-order valence-electron chi connectivity index (χ1n) is 8.06. The molecule has 0 aromatic carbocycles. The first-order valence-corrected chi connectivity index (χ1v) is 8.06. The Kier molecular flexibility index (Phi) is 10.2. The second kappa shape index (κ2) is 11.5. The van der Waals surface area contributed by atoms with Gasteiger partial charge < -0.3 is 24.8 Å². The lowest BCUT2D eigenvalue weighted by molar-refractivity contribution is -0.0164. The molecule has 0 aromatic heterocycles. The van der Waals surface area contributed by atoms with Crippen LogP contribution < -0.4 is 5.32 Å². The van der Waals surface area contributed by atoms with Crippen molar-refractivity contribution in [1.29, 1.82) is 0 Å². The number of hydrogen-bond donors (Lipinski definition) is 2. The predicted molar refractivity (Wildman–Crippen MR) is 81.1 cm³/mol. The lowest BCUT2D eigenvalue weighted by Crippen LogP contribution is -2.37. The van der Waals surface area contributed by atoms with Gasteiger partial charge in [-0.05, 0) is 32.4 Å². The molecule has 2 unspecified atom stereocenters. The number of hydrogen-bond acceptors (Lipinski definition) is 5. The quantitative estimate of drug-likeness (QED) is 0.522. The molecule has 0 aromatic rings. The SMILES string of the molecule is CCCN(CC)CCNCC(O)COCC1CCCO1. The lowest BCUT2D eigenvalue weighted by atomic mass is 10.2. The van der Waals surface area contributed by atoms with E-state index in [4.69, 9.17) is 9.47 Å². The summed E-state index contributed by atoms with van der Waals surface area (Å²) in [5.74, 6) is 0. The van der Waals surface area contributed by atoms with Gasteiger partial charge in [-0.15, -0.1) is 0 Å². The Bertz CT molecular complexity index is 223. The van der Waals surface area contributed by atoms with Crippen LogP contribution in [0.15, 0.2) is 0 Å². The Morgan fingerprint density at radius 3 is 2.90 bits per heavy atom. The lowest BCUT2D eigenvalue weighted by Gasteiger charge is -2.20. The fourth-order valence-electron chi connectivity index (χ4n) is 2.42. The maximum Gasteiger partial charge on any atom is 0.0897 e. The summed E-state index contributed by atoms with van der Waals surface area (Å²) < 4.78 is 11.0. The van der Waals surface area contributed by atoms with Crippen molar-refractivity contribution in [2.45, 2.75) is 45.3 Å². The zero-order valence-electron chi connectivity index (χ0n) is 13.1. The number of rotatable bonds is 12. The van der Waals surface area contributed by atoms with Crippen molar-refractivity contribution in [2.24, 2.45) is 0 Å². The second-order valence-corrected chi connectivity index (χ2v) is 5.46. The molecule has 1 aliphatic rings. The maximum atomic E-state index is 9.81. The Morgan fingerprint density at radius 1 is 1.40 bits per heavy atom. The highest BCUT2D eigenvalue weighted by atomic mass is 16.5. The summed E-state index contributed by atoms with van der Waals surface area (Å²) in [7, 11) is 0. The molecule has 120 valence electrons. The van der Waals surface area contributed by atoms with E-state index in [0.29, 0.717) is 19.8 Å². The molecule has 1 heterocycles. The predicted octanol–water partition coefficient (Wildman–Crippen LogP) is 0.864. The van der Waals surface area contributed by atoms with Gasteiger partial charge in [-0.2, -0.15) is 0 Å². The van der Waals surface area contributed by atoms with E-state index in [9.17, 15) is 5.11 Å². The van der Waals surface area contributed by atoms with E-state index in [-0.39, 0.29) is 6.10 Å². The summed E-state index contributed by atoms with van der Waals surface area (Å²) in [5.41, 5.74) is 0. The van der Waals surface area contributed by atoms with Gasteiger partial charge in [-0.25, -0.2) is 0 Å². The van der Waals surface area contributed by atoms with Gasteiger partial charge in [0.15, 0.2) is 0 Å². The standard InChI is InChI=1S/C15H32N2O3/c1-3-8-17(4-2)9-7-16-11-14(18)12-19-13-15-6-5-10-20-15/h14-16,18H,3-13H2,1-2H3. The van der Waals surface area contributed by atoms with E-state index in [1.807, 2.05) is 0 Å². The molecule has 0 saturated carbocycles. The average molecular weight is 288 g/mol. The van der Waals surface area contributed by atoms with E-state index in [1.54, 1.807) is 0 Å². The minimum atomic E-state index is -0.433. The molecule has 0 amide bonds. The van der Waals surface area contributed by atoms with Crippen molar-refractivity contribution in [2.75, 3.05) is 52.5 Å². The van der Waals surface area contributed by atoms with Gasteiger partial charge in [0, 0.05) is 26.2 Å². The van der Waals surface area contributed by atoms with E-state index in [2.05, 4.69) is 24.1 Å². The van der Waals surface area contributed by atoms with Crippen LogP contribution in [0.1, 0.15) is 33.1 Å². The Labute approximate surface area is 123 Å². The van der Waals surface area contributed by atoms with Crippen molar-refractivity contribution in [3.8, 4) is 0 Å². The summed E-state index contributed by atoms with van der Waals surface area (Å²) >= 11 is 0. The van der Waals surface area contributed by atoms with Gasteiger partial charge in [0.25, 0.3) is 0 Å². The molecule has 5 heteroatoms. The van der Waals surface area contributed by atoms with Crippen LogP contribution in [-0.2, 0) is 9.47 Å². The van der Waals surface area contributed by atoms with Crippen LogP contribution in [-0.4, -0.2) is 74.8 Å². The van der Waals surface area contributed by atoms with Gasteiger partial charge in [0.2, 0.25) is 0 Å². The van der Waals surface area contributed by atoms with E-state index in [1.165, 1.54) is 6.42 Å². The number of aliphatic hydroxyl groups is 1. The highest BCUT2D eigenvalue weighted by Crippen LogP contribution is 2.11. The first-order chi connectivity index (χ1) is 9.76. The van der Waals surface area contributed by atoms with Crippen LogP contribution in [0, 0.1) is 0 Å². The highest BCUT2D eigenvalue weighted by Gasteiger charge is 2.16. The number of ether oxygens (including phenoxy) is 2. The maximum absolute atomic E-state index is 9.81. The molecule has 1 rings (SSSR count). The number of nitrogens with one attached hydrogen (secondary N) is 1. The zero-order chi connectivity index (χ0) is 14.6. The summed E-state index contributed by atoms with van der Waals surface area (Å²) in [5, 5.41) is 13.1. The third kappa shape index (κ3) is 8.17. The van der Waals surface area contributed by atoms with Crippen LogP contribution >= 0.6 is 0 Å². The second-order valence-electron chi connectivity index (χ2n) is 5.46. The zero-order valence-corrected chi connectivity index (χ0v) is 13.1. The van der Waals surface area contributed by atoms with Crippen LogP contribution in [0.25, 0.3) is 0 Å². The summed E-state index contributed by atoms with van der Waals surface area (Å²) in [6, 6.07) is 0. The smallest absolute Gasteiger partial charge is 0.0897 e. The molecule has 2 atom stereocenters. The van der Waals surface area contributed by atoms with Crippen LogP contribution in [0.4, 0.5) is 0 Å². The number of likely N-dealkylation sites (N-methyl/N-ethyl adjacent to an activating group) is 1. The third-order valence-electron chi connectivity index (χ3n) is 3.61. The summed E-state index contributed by atoms with van der Waals surface area (Å²) in [6.45, 7) is 11.0. The first kappa shape index (κ1) is 17.9. The summed E-state index contributed by atoms with van der Waals surface area (Å²) in [4.78, 5) is 2.41. The van der Waals surface area contributed by atoms with Crippen LogP contribution in [0.3, 0.4) is 0 Å². The molecule has 1 fully saturated rings. The molecular formula is C15H32N2O3. The van der Waals surface area contributed by atoms with Crippen molar-refractivity contribution in [1.82, 2.24) is 10.2 Å². The molecule has 0 radical (unpaired) electrons. The average Bonchev–Trinajstić information content (AvgIpc) is 2.95. The van der Waals surface area contributed by atoms with Crippen LogP contribution in [0.5, 0.6) is 0 Å². The largest absolute Gasteiger partial charge is 0.389 e. The molecule has 0 bridgehead atoms. The van der Waals surface area contributed by atoms with Gasteiger partial charge in [0.05, 0.1) is 25.4 Å². The molecule has 1 saturated heterocycles. The van der Waals surface area contributed by atoms with Crippen molar-refractivity contribution < 1.29 is 14.6 Å². The Balaban J connectivity index is 1.92. The molecule has 1 aliphatic heterocycles. The Hall–Kier alpha value is -0.200. The van der Waals surface area contributed by atoms with E-state index >= 15 is 0 Å². The van der Waals surface area contributed by atoms with Crippen molar-refractivity contribution in [3.63, 3.8) is 0 Å². The minimum absolute atomic E-state index is 0.238. The molecule has 0 aliphatic carbocycles. The number of aliphatic hydroxyl groups excluding tert-OH is 1. The Morgan fingerprint density at radius 2 is 2.25 bits per heavy atom. The van der Waals surface area contributed by atoms with E-state index in [0.717, 1.165) is 45.6 Å². The van der Waals surface area contributed by atoms with Gasteiger partial charge >= 0.3 is 0 Å². The van der Waals surface area contributed by atoms with Gasteiger partial charge in [-0.3, -0.25) is 0 Å². The normalized spacial score (nSPS) is 20.7. The van der Waals surface area contributed by atoms with Crippen LogP contribution in [0.2, 0.25) is 0 Å². The van der Waals surface area contributed by atoms with Gasteiger partial charge in [-0.1, -0.05) is 13.8 Å². The van der Waals surface area contributed by atoms with Gasteiger partial charge in [0.1, 0.15) is 0 Å². The number of nitrogens with zero attached hydrogens (tertiary/aromatic N) is 1. The fourth-order valence-corrected chi connectivity index (χ4v) is 2.42. The highest BCUT2D eigenvalue weighted by molar-refractivity contribution is 4.65. The fraction of sp³-hybridized carbons (Fsp3) is 1.00. The molecular weight excluding hydrogens is 256 g/mol. The molecule has 2 N–H and O–H groups in total. The monoisotopic (exact) mass is 288 g/mol. The van der Waals surface area contributed by atoms with Crippen molar-refractivity contribution >= 4 is 0 Å². The molecule has 5 nitrogen and oxygen atoms in total. The van der Waals surface area contributed by atoms with E-state index < -0.39 is 6.10 Å². The topological polar surface area (TPSA) is 54.0 Å². The van der Waals surface area contributed by atoms with Crippen molar-refractivity contribution in [3.05, 3.63) is 0 Å². The minimum Gasteiger partial charge on any atom is -0.389 e. The molecule has 20 heavy (non-hydrogen) atoms.